The Hall–Kier alpha value is -0.680. The summed E-state index contributed by atoms with van der Waals surface area (Å²) in [4.78, 5) is 12.4. The smallest absolute Gasteiger partial charge is 0.158 e. The van der Waals surface area contributed by atoms with Gasteiger partial charge in [-0.2, -0.15) is 5.10 Å². The van der Waals surface area contributed by atoms with E-state index >= 15 is 0 Å². The van der Waals surface area contributed by atoms with Gasteiger partial charge in [-0.25, -0.2) is 0 Å². The summed E-state index contributed by atoms with van der Waals surface area (Å²) in [5.74, 6) is 0.187. The topological polar surface area (TPSA) is 46.9 Å². The number of hydrogen-bond acceptors (Lipinski definition) is 3. The lowest BCUT2D eigenvalue weighted by atomic mass is 9.95. The largest absolute Gasteiger partial charge is 0.306 e. The number of nitrogens with one attached hydrogen (secondary N) is 1. The molecule has 108 valence electrons. The van der Waals surface area contributed by atoms with E-state index in [9.17, 15) is 4.79 Å². The lowest BCUT2D eigenvalue weighted by molar-refractivity contribution is -0.123. The molecule has 1 rings (SSSR count). The zero-order valence-corrected chi connectivity index (χ0v) is 14.1. The molecule has 4 nitrogen and oxygen atoms in total. The third-order valence-corrected chi connectivity index (χ3v) is 4.25. The van der Waals surface area contributed by atoms with Crippen molar-refractivity contribution < 1.29 is 4.79 Å². The van der Waals surface area contributed by atoms with Crippen LogP contribution in [0.3, 0.4) is 0 Å². The Balaban J connectivity index is 2.99. The van der Waals surface area contributed by atoms with Crippen LogP contribution in [0.4, 0.5) is 0 Å². The molecule has 0 atom stereocenters. The first kappa shape index (κ1) is 16.4. The minimum Gasteiger partial charge on any atom is -0.306 e. The molecule has 0 radical (unpaired) electrons. The second-order valence-electron chi connectivity index (χ2n) is 5.13. The van der Waals surface area contributed by atoms with Crippen LogP contribution in [0.2, 0.25) is 0 Å². The third-order valence-electron chi connectivity index (χ3n) is 3.34. The van der Waals surface area contributed by atoms with Crippen molar-refractivity contribution in [1.29, 1.82) is 0 Å². The molecule has 0 aromatic carbocycles. The highest BCUT2D eigenvalue weighted by molar-refractivity contribution is 9.10. The van der Waals surface area contributed by atoms with Gasteiger partial charge in [-0.15, -0.1) is 0 Å². The minimum absolute atomic E-state index is 0.187. The summed E-state index contributed by atoms with van der Waals surface area (Å²) in [6, 6.07) is 0. The third kappa shape index (κ3) is 3.66. The summed E-state index contributed by atoms with van der Waals surface area (Å²) in [6.07, 6.45) is 1.27. The van der Waals surface area contributed by atoms with Crippen molar-refractivity contribution in [2.24, 2.45) is 0 Å². The van der Waals surface area contributed by atoms with Crippen LogP contribution in [0, 0.1) is 0 Å². The summed E-state index contributed by atoms with van der Waals surface area (Å²) in [5, 5.41) is 7.75. The number of carbonyl (C=O) groups is 1. The molecular weight excluding hydrogens is 306 g/mol. The Bertz CT molecular complexity index is 452. The Morgan fingerprint density at radius 2 is 2.00 bits per heavy atom. The zero-order valence-electron chi connectivity index (χ0n) is 12.5. The average molecular weight is 330 g/mol. The first-order chi connectivity index (χ1) is 8.87. The van der Waals surface area contributed by atoms with Crippen molar-refractivity contribution >= 4 is 21.7 Å². The molecule has 0 bridgehead atoms. The molecule has 0 spiro atoms. The first-order valence-corrected chi connectivity index (χ1v) is 7.69. The predicted octanol–water partition coefficient (Wildman–Crippen LogP) is 2.73. The van der Waals surface area contributed by atoms with Crippen molar-refractivity contribution in [3.8, 4) is 0 Å². The van der Waals surface area contributed by atoms with Crippen LogP contribution in [0.5, 0.6) is 0 Å². The van der Waals surface area contributed by atoms with E-state index in [1.165, 1.54) is 0 Å². The molecule has 0 unspecified atom stereocenters. The van der Waals surface area contributed by atoms with Crippen molar-refractivity contribution in [2.45, 2.75) is 59.5 Å². The summed E-state index contributed by atoms with van der Waals surface area (Å²) in [6.45, 7) is 11.6. The van der Waals surface area contributed by atoms with Crippen LogP contribution in [-0.2, 0) is 24.2 Å². The van der Waals surface area contributed by atoms with Crippen molar-refractivity contribution in [3.63, 3.8) is 0 Å². The van der Waals surface area contributed by atoms with Gasteiger partial charge in [0.25, 0.3) is 0 Å². The number of aryl methyl sites for hydroxylation is 2. The molecule has 0 saturated carbocycles. The molecule has 1 aromatic rings. The number of Topliss-reactive ketones (excluding diaryl/α,β-unsaturated/α-hetero) is 1. The molecule has 1 aromatic heterocycles. The molecule has 0 aliphatic rings. The number of likely N-dealkylation sites (N-methyl/N-ethyl adjacent to an activating group) is 1. The van der Waals surface area contributed by atoms with Gasteiger partial charge in [0.1, 0.15) is 0 Å². The zero-order chi connectivity index (χ0) is 14.6. The van der Waals surface area contributed by atoms with Gasteiger partial charge in [0.2, 0.25) is 0 Å². The lowest BCUT2D eigenvalue weighted by Crippen LogP contribution is -2.47. The number of hydrogen-bond donors (Lipinski definition) is 1. The molecule has 1 N–H and O–H groups in total. The van der Waals surface area contributed by atoms with Gasteiger partial charge in [-0.05, 0) is 49.7 Å². The number of rotatable bonds is 7. The SMILES string of the molecule is CCNC(C)(C)C(=O)Cc1c(Br)c(CC)nn1CC. The number of aromatic nitrogens is 2. The predicted molar refractivity (Wildman–Crippen MR) is 81.4 cm³/mol. The Morgan fingerprint density at radius 1 is 1.37 bits per heavy atom. The van der Waals surface area contributed by atoms with Crippen LogP contribution < -0.4 is 5.32 Å². The molecule has 0 amide bonds. The normalized spacial score (nSPS) is 11.9. The monoisotopic (exact) mass is 329 g/mol. The van der Waals surface area contributed by atoms with E-state index in [1.54, 1.807) is 0 Å². The summed E-state index contributed by atoms with van der Waals surface area (Å²) in [5.41, 5.74) is 1.50. The van der Waals surface area contributed by atoms with E-state index in [0.29, 0.717) is 6.42 Å². The minimum atomic E-state index is -0.497. The molecule has 0 aliphatic carbocycles. The molecule has 0 aliphatic heterocycles. The van der Waals surface area contributed by atoms with Gasteiger partial charge in [0, 0.05) is 6.54 Å². The van der Waals surface area contributed by atoms with Gasteiger partial charge in [0.15, 0.2) is 5.78 Å². The second kappa shape index (κ2) is 6.66. The molecule has 5 heteroatoms. The van der Waals surface area contributed by atoms with Crippen LogP contribution in [0.15, 0.2) is 4.47 Å². The highest BCUT2D eigenvalue weighted by Gasteiger charge is 2.28. The molecule has 19 heavy (non-hydrogen) atoms. The van der Waals surface area contributed by atoms with Gasteiger partial charge in [-0.3, -0.25) is 9.48 Å². The molecular formula is C14H24BrN3O. The van der Waals surface area contributed by atoms with E-state index in [-0.39, 0.29) is 5.78 Å². The highest BCUT2D eigenvalue weighted by atomic mass is 79.9. The summed E-state index contributed by atoms with van der Waals surface area (Å²) >= 11 is 3.58. The maximum Gasteiger partial charge on any atom is 0.158 e. The van der Waals surface area contributed by atoms with Crippen LogP contribution in [0.25, 0.3) is 0 Å². The van der Waals surface area contributed by atoms with E-state index < -0.39 is 5.54 Å². The standard InChI is InChI=1S/C14H24BrN3O/c1-6-10-13(15)11(18(8-3)17-10)9-12(19)14(4,5)16-7-2/h16H,6-9H2,1-5H3. The average Bonchev–Trinajstić information content (AvgIpc) is 2.66. The van der Waals surface area contributed by atoms with Gasteiger partial charge in [-0.1, -0.05) is 13.8 Å². The fraction of sp³-hybridized carbons (Fsp3) is 0.714. The van der Waals surface area contributed by atoms with Gasteiger partial charge >= 0.3 is 0 Å². The van der Waals surface area contributed by atoms with E-state index in [0.717, 1.165) is 35.4 Å². The maximum absolute atomic E-state index is 12.4. The quantitative estimate of drug-likeness (QED) is 0.836. The molecule has 1 heterocycles. The number of ketones is 1. The number of halogens is 1. The van der Waals surface area contributed by atoms with E-state index in [2.05, 4.69) is 33.3 Å². The fourth-order valence-corrected chi connectivity index (χ4v) is 2.80. The summed E-state index contributed by atoms with van der Waals surface area (Å²) in [7, 11) is 0. The molecule has 0 saturated heterocycles. The molecule has 0 fully saturated rings. The Kier molecular flexibility index (Phi) is 5.74. The maximum atomic E-state index is 12.4. The summed E-state index contributed by atoms with van der Waals surface area (Å²) < 4.78 is 2.90. The van der Waals surface area contributed by atoms with Crippen molar-refractivity contribution in [1.82, 2.24) is 15.1 Å². The highest BCUT2D eigenvalue weighted by Crippen LogP contribution is 2.24. The number of carbonyl (C=O) groups excluding carboxylic acids is 1. The Labute approximate surface area is 124 Å². The first-order valence-electron chi connectivity index (χ1n) is 6.89. The fourth-order valence-electron chi connectivity index (χ4n) is 2.10. The Morgan fingerprint density at radius 3 is 2.47 bits per heavy atom. The van der Waals surface area contributed by atoms with Crippen LogP contribution in [-0.4, -0.2) is 27.6 Å². The van der Waals surface area contributed by atoms with Crippen LogP contribution in [0.1, 0.15) is 46.0 Å². The van der Waals surface area contributed by atoms with E-state index in [1.807, 2.05) is 32.4 Å². The van der Waals surface area contributed by atoms with Crippen molar-refractivity contribution in [3.05, 3.63) is 15.9 Å². The van der Waals surface area contributed by atoms with E-state index in [4.69, 9.17) is 0 Å². The second-order valence-corrected chi connectivity index (χ2v) is 5.92. The van der Waals surface area contributed by atoms with Gasteiger partial charge < -0.3 is 5.32 Å². The number of nitrogens with zero attached hydrogens (tertiary/aromatic N) is 2. The van der Waals surface area contributed by atoms with Crippen LogP contribution >= 0.6 is 15.9 Å². The van der Waals surface area contributed by atoms with Crippen molar-refractivity contribution in [2.75, 3.05) is 6.54 Å². The lowest BCUT2D eigenvalue weighted by Gasteiger charge is -2.24. The van der Waals surface area contributed by atoms with Gasteiger partial charge in [0.05, 0.1) is 27.8 Å².